The van der Waals surface area contributed by atoms with Gasteiger partial charge in [-0.1, -0.05) is 32.8 Å². The zero-order chi connectivity index (χ0) is 20.7. The molecule has 0 saturated carbocycles. The lowest BCUT2D eigenvalue weighted by Gasteiger charge is -2.32. The number of nitrogens with zero attached hydrogens (tertiary/aromatic N) is 1. The van der Waals surface area contributed by atoms with Gasteiger partial charge in [0.2, 0.25) is 0 Å². The van der Waals surface area contributed by atoms with Gasteiger partial charge in [0.15, 0.2) is 0 Å². The van der Waals surface area contributed by atoms with Crippen molar-refractivity contribution >= 4 is 49.5 Å². The van der Waals surface area contributed by atoms with Crippen molar-refractivity contribution in [1.29, 1.82) is 0 Å². The van der Waals surface area contributed by atoms with Gasteiger partial charge in [-0.2, -0.15) is 0 Å². The molecule has 0 bridgehead atoms. The van der Waals surface area contributed by atoms with Crippen LogP contribution in [-0.4, -0.2) is 39.2 Å². The van der Waals surface area contributed by atoms with E-state index in [4.69, 9.17) is 9.47 Å². The lowest BCUT2D eigenvalue weighted by molar-refractivity contribution is -0.160. The van der Waals surface area contributed by atoms with Crippen LogP contribution in [0, 0.1) is 5.41 Å². The Hall–Kier alpha value is -0.730. The van der Waals surface area contributed by atoms with E-state index >= 15 is 0 Å². The maximum atomic E-state index is 12.5. The molecule has 5 nitrogen and oxygen atoms in total. The van der Waals surface area contributed by atoms with Gasteiger partial charge in [0.05, 0.1) is 5.41 Å². The first kappa shape index (κ1) is 24.3. The number of carbonyl (C=O) groups is 2. The van der Waals surface area contributed by atoms with Crippen LogP contribution in [0.15, 0.2) is 29.4 Å². The van der Waals surface area contributed by atoms with E-state index < -0.39 is 21.3 Å². The molecular formula is C19H28BrNO4S2. The summed E-state index contributed by atoms with van der Waals surface area (Å²) in [5.41, 5.74) is -1.41. The van der Waals surface area contributed by atoms with Gasteiger partial charge in [-0.25, -0.2) is 4.98 Å². The normalized spacial score (nSPS) is 14.3. The number of alkyl halides is 1. The Balaban J connectivity index is 2.44. The summed E-state index contributed by atoms with van der Waals surface area (Å²) < 4.78 is 9.87. The lowest BCUT2D eigenvalue weighted by atomic mass is 9.83. The standard InChI is InChI=1S/C19H28BrNO4S2/c1-17(2,3)25-16(23)19(6,20)13-18(4,5)15(22)24-11-12-26-27-14-9-7-8-10-21-14/h7-10H,11-13H2,1-6H3. The Bertz CT molecular complexity index is 630. The molecule has 152 valence electrons. The monoisotopic (exact) mass is 477 g/mol. The fourth-order valence-corrected chi connectivity index (χ4v) is 4.71. The van der Waals surface area contributed by atoms with Gasteiger partial charge in [-0.15, -0.1) is 0 Å². The molecule has 0 aliphatic carbocycles. The molecule has 1 aromatic heterocycles. The van der Waals surface area contributed by atoms with Crippen molar-refractivity contribution in [3.63, 3.8) is 0 Å². The fourth-order valence-electron chi connectivity index (χ4n) is 2.22. The molecule has 0 amide bonds. The third-order valence-electron chi connectivity index (χ3n) is 3.33. The third-order valence-corrected chi connectivity index (χ3v) is 6.17. The molecule has 0 aliphatic rings. The Morgan fingerprint density at radius 2 is 1.78 bits per heavy atom. The second-order valence-corrected chi connectivity index (χ2v) is 12.2. The number of ether oxygens (including phenoxy) is 2. The Morgan fingerprint density at radius 1 is 1.11 bits per heavy atom. The number of aromatic nitrogens is 1. The van der Waals surface area contributed by atoms with Crippen molar-refractivity contribution in [3.05, 3.63) is 24.4 Å². The molecule has 0 aromatic carbocycles. The van der Waals surface area contributed by atoms with E-state index in [1.165, 1.54) is 0 Å². The van der Waals surface area contributed by atoms with E-state index in [9.17, 15) is 9.59 Å². The first-order valence-electron chi connectivity index (χ1n) is 8.64. The molecule has 1 unspecified atom stereocenters. The summed E-state index contributed by atoms with van der Waals surface area (Å²) in [4.78, 5) is 29.1. The highest BCUT2D eigenvalue weighted by Crippen LogP contribution is 2.37. The molecule has 1 aromatic rings. The van der Waals surface area contributed by atoms with Crippen molar-refractivity contribution in [2.45, 2.75) is 62.9 Å². The highest BCUT2D eigenvalue weighted by Gasteiger charge is 2.43. The lowest BCUT2D eigenvalue weighted by Crippen LogP contribution is -2.42. The zero-order valence-electron chi connectivity index (χ0n) is 16.7. The van der Waals surface area contributed by atoms with Crippen LogP contribution in [0.1, 0.15) is 48.0 Å². The zero-order valence-corrected chi connectivity index (χ0v) is 19.9. The van der Waals surface area contributed by atoms with Crippen LogP contribution in [-0.2, 0) is 19.1 Å². The second kappa shape index (κ2) is 10.2. The highest BCUT2D eigenvalue weighted by atomic mass is 79.9. The van der Waals surface area contributed by atoms with Crippen molar-refractivity contribution in [2.75, 3.05) is 12.4 Å². The van der Waals surface area contributed by atoms with Crippen LogP contribution in [0.4, 0.5) is 0 Å². The number of esters is 2. The summed E-state index contributed by atoms with van der Waals surface area (Å²) in [6.07, 6.45) is 2.01. The summed E-state index contributed by atoms with van der Waals surface area (Å²) in [6, 6.07) is 5.73. The number of rotatable bonds is 9. The quantitative estimate of drug-likeness (QED) is 0.207. The third kappa shape index (κ3) is 9.34. The van der Waals surface area contributed by atoms with Crippen LogP contribution < -0.4 is 0 Å². The van der Waals surface area contributed by atoms with Crippen molar-refractivity contribution in [1.82, 2.24) is 4.98 Å². The largest absolute Gasteiger partial charge is 0.464 e. The fraction of sp³-hybridized carbons (Fsp3) is 0.632. The minimum Gasteiger partial charge on any atom is -0.464 e. The molecule has 27 heavy (non-hydrogen) atoms. The number of halogens is 1. The maximum absolute atomic E-state index is 12.5. The minimum absolute atomic E-state index is 0.267. The summed E-state index contributed by atoms with van der Waals surface area (Å²) in [7, 11) is 3.12. The van der Waals surface area contributed by atoms with E-state index in [0.29, 0.717) is 12.4 Å². The first-order valence-corrected chi connectivity index (χ1v) is 11.7. The Labute approximate surface area is 178 Å². The summed E-state index contributed by atoms with van der Waals surface area (Å²) in [6.45, 7) is 11.0. The molecule has 0 radical (unpaired) electrons. The molecule has 8 heteroatoms. The molecule has 0 N–H and O–H groups in total. The van der Waals surface area contributed by atoms with Crippen LogP contribution in [0.2, 0.25) is 0 Å². The minimum atomic E-state index is -0.966. The van der Waals surface area contributed by atoms with Crippen LogP contribution in [0.5, 0.6) is 0 Å². The average Bonchev–Trinajstić information content (AvgIpc) is 2.52. The first-order chi connectivity index (χ1) is 12.3. The predicted octanol–water partition coefficient (Wildman–Crippen LogP) is 5.28. The van der Waals surface area contributed by atoms with Crippen LogP contribution >= 0.6 is 37.5 Å². The predicted molar refractivity (Wildman–Crippen MR) is 115 cm³/mol. The summed E-state index contributed by atoms with van der Waals surface area (Å²) >= 11 is 3.43. The number of carbonyl (C=O) groups excluding carboxylic acids is 2. The van der Waals surface area contributed by atoms with Crippen molar-refractivity contribution in [2.24, 2.45) is 5.41 Å². The van der Waals surface area contributed by atoms with Crippen molar-refractivity contribution in [3.8, 4) is 0 Å². The number of hydrogen-bond acceptors (Lipinski definition) is 7. The summed E-state index contributed by atoms with van der Waals surface area (Å²) in [5, 5.41) is 0.918. The van der Waals surface area contributed by atoms with Gasteiger partial charge in [0.25, 0.3) is 0 Å². The molecule has 0 aliphatic heterocycles. The summed E-state index contributed by atoms with van der Waals surface area (Å²) in [5.74, 6) is -0.0703. The van der Waals surface area contributed by atoms with E-state index in [1.807, 2.05) is 39.0 Å². The van der Waals surface area contributed by atoms with Gasteiger partial charge >= 0.3 is 11.9 Å². The molecule has 1 heterocycles. The van der Waals surface area contributed by atoms with Gasteiger partial charge in [-0.3, -0.25) is 9.59 Å². The van der Waals surface area contributed by atoms with E-state index in [1.54, 1.807) is 48.6 Å². The molecule has 1 rings (SSSR count). The second-order valence-electron chi connectivity index (χ2n) is 7.97. The van der Waals surface area contributed by atoms with Crippen LogP contribution in [0.25, 0.3) is 0 Å². The van der Waals surface area contributed by atoms with Crippen LogP contribution in [0.3, 0.4) is 0 Å². The molecular weight excluding hydrogens is 450 g/mol. The topological polar surface area (TPSA) is 65.5 Å². The number of pyridine rings is 1. The van der Waals surface area contributed by atoms with Gasteiger partial charge in [0, 0.05) is 11.9 Å². The molecule has 1 atom stereocenters. The SMILES string of the molecule is CC(C)(C)OC(=O)C(C)(Br)CC(C)(C)C(=O)OCCSSc1ccccn1. The van der Waals surface area contributed by atoms with Gasteiger partial charge in [-0.05, 0) is 70.9 Å². The van der Waals surface area contributed by atoms with Gasteiger partial charge < -0.3 is 9.47 Å². The van der Waals surface area contributed by atoms with Gasteiger partial charge in [0.1, 0.15) is 21.6 Å². The Morgan fingerprint density at radius 3 is 2.33 bits per heavy atom. The Kier molecular flexibility index (Phi) is 9.15. The van der Waals surface area contributed by atoms with Crippen molar-refractivity contribution < 1.29 is 19.1 Å². The molecule has 0 spiro atoms. The highest BCUT2D eigenvalue weighted by molar-refractivity contribution is 9.10. The molecule has 0 saturated heterocycles. The molecule has 0 fully saturated rings. The van der Waals surface area contributed by atoms with E-state index in [2.05, 4.69) is 20.9 Å². The van der Waals surface area contributed by atoms with E-state index in [-0.39, 0.29) is 12.4 Å². The average molecular weight is 478 g/mol. The maximum Gasteiger partial charge on any atom is 0.323 e. The number of hydrogen-bond donors (Lipinski definition) is 0. The smallest absolute Gasteiger partial charge is 0.323 e. The van der Waals surface area contributed by atoms with E-state index in [0.717, 1.165) is 5.03 Å².